The number of halogens is 1. The number of anilines is 1. The number of esters is 1. The first-order valence-electron chi connectivity index (χ1n) is 9.45. The molecule has 0 unspecified atom stereocenters. The van der Waals surface area contributed by atoms with E-state index in [0.717, 1.165) is 11.1 Å². The highest BCUT2D eigenvalue weighted by Crippen LogP contribution is 2.21. The van der Waals surface area contributed by atoms with Crippen LogP contribution in [0.2, 0.25) is 0 Å². The number of aromatic nitrogens is 2. The maximum absolute atomic E-state index is 13.0. The predicted octanol–water partition coefficient (Wildman–Crippen LogP) is 4.24. The molecule has 1 N–H and O–H groups in total. The number of rotatable bonds is 7. The number of ether oxygens (including phenoxy) is 1. The Morgan fingerprint density at radius 1 is 1.17 bits per heavy atom. The Kier molecular flexibility index (Phi) is 6.56. The Morgan fingerprint density at radius 2 is 1.90 bits per heavy atom. The molecule has 3 aromatic rings. The summed E-state index contributed by atoms with van der Waals surface area (Å²) < 4.78 is 23.0. The molecule has 7 nitrogen and oxygen atoms in total. The number of amides is 1. The highest BCUT2D eigenvalue weighted by molar-refractivity contribution is 5.96. The molecule has 1 amide bonds. The normalized spacial score (nSPS) is 10.7. The van der Waals surface area contributed by atoms with Gasteiger partial charge in [0.2, 0.25) is 17.6 Å². The number of carbonyl (C=O) groups excluding carboxylic acids is 2. The minimum absolute atomic E-state index is 0.188. The van der Waals surface area contributed by atoms with Crippen LogP contribution in [-0.2, 0) is 16.0 Å². The fourth-order valence-electron chi connectivity index (χ4n) is 2.95. The highest BCUT2D eigenvalue weighted by Gasteiger charge is 2.14. The largest absolute Gasteiger partial charge is 0.465 e. The van der Waals surface area contributed by atoms with Gasteiger partial charge in [-0.05, 0) is 67.8 Å². The van der Waals surface area contributed by atoms with Crippen LogP contribution in [0.1, 0.15) is 40.2 Å². The molecule has 30 heavy (non-hydrogen) atoms. The molecular weight excluding hydrogens is 389 g/mol. The third-order valence-corrected chi connectivity index (χ3v) is 4.72. The summed E-state index contributed by atoms with van der Waals surface area (Å²) in [7, 11) is 1.32. The van der Waals surface area contributed by atoms with E-state index >= 15 is 0 Å². The Morgan fingerprint density at radius 3 is 2.60 bits per heavy atom. The van der Waals surface area contributed by atoms with E-state index in [2.05, 4.69) is 15.5 Å². The van der Waals surface area contributed by atoms with Crippen molar-refractivity contribution in [3.63, 3.8) is 0 Å². The first-order valence-corrected chi connectivity index (χ1v) is 9.45. The second-order valence-corrected chi connectivity index (χ2v) is 6.88. The summed E-state index contributed by atoms with van der Waals surface area (Å²) >= 11 is 0. The monoisotopic (exact) mass is 411 g/mol. The van der Waals surface area contributed by atoms with E-state index in [0.29, 0.717) is 41.4 Å². The fourth-order valence-corrected chi connectivity index (χ4v) is 2.95. The van der Waals surface area contributed by atoms with Gasteiger partial charge in [0, 0.05) is 24.1 Å². The zero-order chi connectivity index (χ0) is 21.7. The van der Waals surface area contributed by atoms with Gasteiger partial charge in [-0.3, -0.25) is 4.79 Å². The second kappa shape index (κ2) is 9.30. The van der Waals surface area contributed by atoms with Gasteiger partial charge in [0.15, 0.2) is 0 Å². The van der Waals surface area contributed by atoms with Crippen LogP contribution in [-0.4, -0.2) is 29.1 Å². The van der Waals surface area contributed by atoms with Crippen molar-refractivity contribution in [1.29, 1.82) is 0 Å². The third-order valence-electron chi connectivity index (χ3n) is 4.72. The van der Waals surface area contributed by atoms with Crippen molar-refractivity contribution in [2.45, 2.75) is 33.1 Å². The van der Waals surface area contributed by atoms with Crippen molar-refractivity contribution in [3.05, 3.63) is 64.8 Å². The SMILES string of the molecule is COC(=O)c1cc(NC(=O)CCCc2nc(-c3ccc(F)cc3)no2)cc(C)c1C. The van der Waals surface area contributed by atoms with E-state index in [-0.39, 0.29) is 18.1 Å². The average molecular weight is 411 g/mol. The van der Waals surface area contributed by atoms with Crippen molar-refractivity contribution < 1.29 is 23.2 Å². The fraction of sp³-hybridized carbons (Fsp3) is 0.273. The van der Waals surface area contributed by atoms with Crippen molar-refractivity contribution in [2.24, 2.45) is 0 Å². The Balaban J connectivity index is 1.55. The number of aryl methyl sites for hydroxylation is 2. The smallest absolute Gasteiger partial charge is 0.338 e. The average Bonchev–Trinajstić information content (AvgIpc) is 3.19. The van der Waals surface area contributed by atoms with Crippen molar-refractivity contribution >= 4 is 17.6 Å². The summed E-state index contributed by atoms with van der Waals surface area (Å²) in [5.41, 5.74) is 3.31. The molecule has 0 aliphatic rings. The second-order valence-electron chi connectivity index (χ2n) is 6.88. The molecule has 2 aromatic carbocycles. The minimum atomic E-state index is -0.444. The number of methoxy groups -OCH3 is 1. The van der Waals surface area contributed by atoms with Crippen LogP contribution < -0.4 is 5.32 Å². The van der Waals surface area contributed by atoms with E-state index < -0.39 is 5.97 Å². The molecule has 0 aliphatic carbocycles. The Bertz CT molecular complexity index is 1060. The van der Waals surface area contributed by atoms with Crippen LogP contribution in [0.5, 0.6) is 0 Å². The van der Waals surface area contributed by atoms with Gasteiger partial charge < -0.3 is 14.6 Å². The molecule has 0 radical (unpaired) electrons. The van der Waals surface area contributed by atoms with Gasteiger partial charge in [0.1, 0.15) is 5.82 Å². The molecule has 0 aliphatic heterocycles. The molecule has 8 heteroatoms. The molecule has 3 rings (SSSR count). The van der Waals surface area contributed by atoms with Crippen LogP contribution in [0.25, 0.3) is 11.4 Å². The highest BCUT2D eigenvalue weighted by atomic mass is 19.1. The predicted molar refractivity (Wildman–Crippen MR) is 109 cm³/mol. The third kappa shape index (κ3) is 5.08. The maximum Gasteiger partial charge on any atom is 0.338 e. The topological polar surface area (TPSA) is 94.3 Å². The minimum Gasteiger partial charge on any atom is -0.465 e. The molecule has 0 saturated heterocycles. The molecule has 0 bridgehead atoms. The van der Waals surface area contributed by atoms with Crippen molar-refractivity contribution in [2.75, 3.05) is 12.4 Å². The van der Waals surface area contributed by atoms with Crippen LogP contribution in [0.4, 0.5) is 10.1 Å². The van der Waals surface area contributed by atoms with Crippen LogP contribution in [0.3, 0.4) is 0 Å². The van der Waals surface area contributed by atoms with Gasteiger partial charge in [-0.1, -0.05) is 5.16 Å². The molecule has 156 valence electrons. The van der Waals surface area contributed by atoms with Crippen molar-refractivity contribution in [3.8, 4) is 11.4 Å². The molecule has 0 saturated carbocycles. The molecule has 1 aromatic heterocycles. The number of hydrogen-bond donors (Lipinski definition) is 1. The Hall–Kier alpha value is -3.55. The van der Waals surface area contributed by atoms with Crippen molar-refractivity contribution in [1.82, 2.24) is 10.1 Å². The lowest BCUT2D eigenvalue weighted by Crippen LogP contribution is -2.13. The summed E-state index contributed by atoms with van der Waals surface area (Å²) in [6, 6.07) is 9.22. The zero-order valence-electron chi connectivity index (χ0n) is 17.0. The van der Waals surface area contributed by atoms with Crippen LogP contribution in [0.15, 0.2) is 40.9 Å². The molecule has 1 heterocycles. The van der Waals surface area contributed by atoms with E-state index in [9.17, 15) is 14.0 Å². The Labute approximate surface area is 173 Å². The summed E-state index contributed by atoms with van der Waals surface area (Å²) in [5.74, 6) is -0.190. The summed E-state index contributed by atoms with van der Waals surface area (Å²) in [5, 5.41) is 6.68. The maximum atomic E-state index is 13.0. The van der Waals surface area contributed by atoms with E-state index in [1.807, 2.05) is 19.9 Å². The van der Waals surface area contributed by atoms with E-state index in [1.54, 1.807) is 18.2 Å². The molecular formula is C22H22FN3O4. The summed E-state index contributed by atoms with van der Waals surface area (Å²) in [6.45, 7) is 3.70. The van der Waals surface area contributed by atoms with E-state index in [1.165, 1.54) is 19.2 Å². The quantitative estimate of drug-likeness (QED) is 0.585. The lowest BCUT2D eigenvalue weighted by atomic mass is 10.0. The summed E-state index contributed by atoms with van der Waals surface area (Å²) in [4.78, 5) is 28.4. The first kappa shape index (κ1) is 21.2. The number of benzene rings is 2. The van der Waals surface area contributed by atoms with Gasteiger partial charge in [-0.15, -0.1) is 0 Å². The van der Waals surface area contributed by atoms with E-state index in [4.69, 9.17) is 9.26 Å². The van der Waals surface area contributed by atoms with Crippen LogP contribution >= 0.6 is 0 Å². The van der Waals surface area contributed by atoms with Gasteiger partial charge in [-0.2, -0.15) is 4.98 Å². The summed E-state index contributed by atoms with van der Waals surface area (Å²) in [6.07, 6.45) is 1.18. The van der Waals surface area contributed by atoms with Gasteiger partial charge in [-0.25, -0.2) is 9.18 Å². The van der Waals surface area contributed by atoms with Gasteiger partial charge in [0.05, 0.1) is 12.7 Å². The number of hydrogen-bond acceptors (Lipinski definition) is 6. The number of nitrogens with zero attached hydrogens (tertiary/aromatic N) is 2. The lowest BCUT2D eigenvalue weighted by molar-refractivity contribution is -0.116. The van der Waals surface area contributed by atoms with Gasteiger partial charge >= 0.3 is 5.97 Å². The standard InChI is InChI=1S/C22H22FN3O4/c1-13-11-17(12-18(14(13)2)22(28)29-3)24-19(27)5-4-6-20-25-21(26-30-20)15-7-9-16(23)10-8-15/h7-12H,4-6H2,1-3H3,(H,24,27). The lowest BCUT2D eigenvalue weighted by Gasteiger charge is -2.11. The van der Waals surface area contributed by atoms with Crippen LogP contribution in [0, 0.1) is 19.7 Å². The van der Waals surface area contributed by atoms with Gasteiger partial charge in [0.25, 0.3) is 0 Å². The number of carbonyl (C=O) groups is 2. The molecule has 0 fully saturated rings. The zero-order valence-corrected chi connectivity index (χ0v) is 17.0. The first-order chi connectivity index (χ1) is 14.4. The number of nitrogens with one attached hydrogen (secondary N) is 1. The molecule has 0 atom stereocenters. The molecule has 0 spiro atoms.